The zero-order valence-electron chi connectivity index (χ0n) is 20.7. The summed E-state index contributed by atoms with van der Waals surface area (Å²) in [5.74, 6) is -0.438. The van der Waals surface area contributed by atoms with Gasteiger partial charge in [0.2, 0.25) is 17.8 Å². The largest absolute Gasteiger partial charge is 0.364 e. The number of amides is 2. The number of carbonyl (C=O) groups excluding carboxylic acids is 2. The second kappa shape index (κ2) is 7.83. The zero-order valence-corrected chi connectivity index (χ0v) is 20.7. The molecule has 4 heterocycles. The minimum absolute atomic E-state index is 0.0226. The van der Waals surface area contributed by atoms with Gasteiger partial charge < -0.3 is 20.4 Å². The summed E-state index contributed by atoms with van der Waals surface area (Å²) in [6.45, 7) is 3.06. The minimum atomic E-state index is -1.11. The van der Waals surface area contributed by atoms with Crippen molar-refractivity contribution < 1.29 is 18.4 Å². The van der Waals surface area contributed by atoms with Crippen molar-refractivity contribution in [2.45, 2.75) is 37.6 Å². The summed E-state index contributed by atoms with van der Waals surface area (Å²) in [7, 11) is 1.99. The van der Waals surface area contributed by atoms with Crippen LogP contribution in [0.2, 0.25) is 0 Å². The highest BCUT2D eigenvalue weighted by atomic mass is 19.1. The molecule has 3 saturated carbocycles. The van der Waals surface area contributed by atoms with Gasteiger partial charge in [-0.3, -0.25) is 14.5 Å². The number of hydrogen-bond acceptors (Lipinski definition) is 7. The second-order valence-corrected chi connectivity index (χ2v) is 11.4. The Morgan fingerprint density at radius 3 is 2.38 bits per heavy atom. The van der Waals surface area contributed by atoms with Gasteiger partial charge in [-0.25, -0.2) is 13.8 Å². The van der Waals surface area contributed by atoms with E-state index in [2.05, 4.69) is 25.5 Å². The van der Waals surface area contributed by atoms with Crippen LogP contribution >= 0.6 is 0 Å². The average Bonchev–Trinajstić information content (AvgIpc) is 3.16. The predicted octanol–water partition coefficient (Wildman–Crippen LogP) is 2.20. The molecule has 3 aliphatic heterocycles. The van der Waals surface area contributed by atoms with Gasteiger partial charge in [-0.15, -0.1) is 0 Å². The average molecular weight is 510 g/mol. The van der Waals surface area contributed by atoms with Crippen LogP contribution in [0.5, 0.6) is 0 Å². The van der Waals surface area contributed by atoms with Gasteiger partial charge in [0.05, 0.1) is 5.54 Å². The Morgan fingerprint density at radius 2 is 1.78 bits per heavy atom. The first-order valence-corrected chi connectivity index (χ1v) is 13.0. The molecule has 6 aliphatic rings. The summed E-state index contributed by atoms with van der Waals surface area (Å²) in [5, 5.41) is 5.76. The van der Waals surface area contributed by atoms with Crippen LogP contribution in [0.3, 0.4) is 0 Å². The van der Waals surface area contributed by atoms with Gasteiger partial charge in [0, 0.05) is 56.6 Å². The Morgan fingerprint density at radius 1 is 1.08 bits per heavy atom. The van der Waals surface area contributed by atoms with Crippen molar-refractivity contribution in [3.05, 3.63) is 35.5 Å². The molecular formula is C26H29F2N7O2. The third-order valence-electron chi connectivity index (χ3n) is 9.00. The van der Waals surface area contributed by atoms with Crippen LogP contribution < -0.4 is 20.4 Å². The number of likely N-dealkylation sites (N-methyl/N-ethyl adjacent to an activating group) is 1. The molecule has 0 radical (unpaired) electrons. The van der Waals surface area contributed by atoms with E-state index in [1.807, 2.05) is 7.05 Å². The molecular weight excluding hydrogens is 480 g/mol. The Kier molecular flexibility index (Phi) is 4.83. The molecule has 3 aliphatic carbocycles. The van der Waals surface area contributed by atoms with Gasteiger partial charge in [0.15, 0.2) is 11.6 Å². The summed E-state index contributed by atoms with van der Waals surface area (Å²) in [4.78, 5) is 41.3. The Balaban J connectivity index is 1.20. The number of aromatic nitrogens is 2. The molecule has 2 saturated heterocycles. The highest BCUT2D eigenvalue weighted by Crippen LogP contribution is 2.63. The monoisotopic (exact) mass is 509 g/mol. The summed E-state index contributed by atoms with van der Waals surface area (Å²) in [6, 6.07) is 2.50. The molecule has 11 heteroatoms. The van der Waals surface area contributed by atoms with Gasteiger partial charge in [0.1, 0.15) is 16.9 Å². The zero-order chi connectivity index (χ0) is 25.5. The predicted molar refractivity (Wildman–Crippen MR) is 133 cm³/mol. The Bertz CT molecular complexity index is 1290. The lowest BCUT2D eigenvalue weighted by atomic mass is 9.48. The molecule has 9 nitrogen and oxygen atoms in total. The van der Waals surface area contributed by atoms with Gasteiger partial charge in [0.25, 0.3) is 0 Å². The van der Waals surface area contributed by atoms with E-state index in [0.29, 0.717) is 37.8 Å². The highest BCUT2D eigenvalue weighted by Gasteiger charge is 2.67. The molecule has 5 fully saturated rings. The summed E-state index contributed by atoms with van der Waals surface area (Å²) < 4.78 is 30.1. The number of benzene rings is 1. The van der Waals surface area contributed by atoms with Crippen LogP contribution in [0.15, 0.2) is 18.3 Å². The van der Waals surface area contributed by atoms with E-state index in [9.17, 15) is 9.59 Å². The van der Waals surface area contributed by atoms with E-state index >= 15 is 8.78 Å². The van der Waals surface area contributed by atoms with E-state index in [1.54, 1.807) is 16.0 Å². The number of piperazine rings is 1. The fourth-order valence-corrected chi connectivity index (χ4v) is 6.78. The number of carbonyl (C=O) groups is 2. The number of rotatable bonds is 4. The van der Waals surface area contributed by atoms with E-state index in [1.165, 1.54) is 12.1 Å². The van der Waals surface area contributed by atoms with Crippen molar-refractivity contribution in [3.8, 4) is 0 Å². The first-order valence-electron chi connectivity index (χ1n) is 13.0. The lowest BCUT2D eigenvalue weighted by Crippen LogP contribution is -2.73. The van der Waals surface area contributed by atoms with Crippen molar-refractivity contribution in [1.29, 1.82) is 0 Å². The molecule has 2 bridgehead atoms. The fraction of sp³-hybridized carbons (Fsp3) is 0.538. The van der Waals surface area contributed by atoms with Crippen LogP contribution in [0.25, 0.3) is 0 Å². The smallest absolute Gasteiger partial charge is 0.244 e. The lowest BCUT2D eigenvalue weighted by Gasteiger charge is -2.67. The molecule has 1 aromatic carbocycles. The summed E-state index contributed by atoms with van der Waals surface area (Å²) >= 11 is 0. The van der Waals surface area contributed by atoms with Crippen LogP contribution in [0, 0.1) is 23.0 Å². The maximum Gasteiger partial charge on any atom is 0.244 e. The van der Waals surface area contributed by atoms with Gasteiger partial charge >= 0.3 is 0 Å². The van der Waals surface area contributed by atoms with E-state index in [-0.39, 0.29) is 41.1 Å². The molecule has 2 aromatic rings. The SMILES string of the molecule is CN1CCN(c2c(F)cc(Nc3ncc4c(n3)N(C35CC(C3)C5)C(=O)[C@]3(CCNC3=O)C4)cc2F)CC1. The number of nitrogens with one attached hydrogen (secondary N) is 2. The highest BCUT2D eigenvalue weighted by molar-refractivity contribution is 6.15. The van der Waals surface area contributed by atoms with Gasteiger partial charge in [-0.1, -0.05) is 0 Å². The van der Waals surface area contributed by atoms with Gasteiger partial charge in [-0.05, 0) is 50.8 Å². The molecule has 1 aromatic heterocycles. The maximum absolute atomic E-state index is 15.0. The number of anilines is 4. The second-order valence-electron chi connectivity index (χ2n) is 11.4. The van der Waals surface area contributed by atoms with Crippen LogP contribution in [-0.4, -0.2) is 72.0 Å². The van der Waals surface area contributed by atoms with E-state index in [0.717, 1.165) is 37.9 Å². The quantitative estimate of drug-likeness (QED) is 0.611. The molecule has 8 rings (SSSR count). The molecule has 37 heavy (non-hydrogen) atoms. The molecule has 1 atom stereocenters. The van der Waals surface area contributed by atoms with E-state index < -0.39 is 17.0 Å². The third-order valence-corrected chi connectivity index (χ3v) is 9.00. The molecule has 2 amide bonds. The number of nitrogens with zero attached hydrogens (tertiary/aromatic N) is 5. The lowest BCUT2D eigenvalue weighted by molar-refractivity contribution is -0.144. The summed E-state index contributed by atoms with van der Waals surface area (Å²) in [5.41, 5.74) is -0.480. The molecule has 1 spiro atoms. The standard InChI is InChI=1S/C26H29F2N7O2/c1-33-4-6-34(7-5-33)20-18(27)8-17(9-19(20)28)31-24-30-14-16-13-26(2-3-29-22(26)36)23(37)35(21(16)32-24)25-10-15(11-25)12-25/h8-9,14-15H,2-7,10-13H2,1H3,(H,29,36)(H,30,31,32)/t15?,25?,26-/m1/s1. The van der Waals surface area contributed by atoms with Crippen molar-refractivity contribution in [1.82, 2.24) is 20.2 Å². The topological polar surface area (TPSA) is 93.7 Å². The molecule has 0 unspecified atom stereocenters. The number of fused-ring (bicyclic) bond motifs is 1. The van der Waals surface area contributed by atoms with Crippen LogP contribution in [-0.2, 0) is 16.0 Å². The molecule has 2 N–H and O–H groups in total. The van der Waals surface area contributed by atoms with Crippen LogP contribution in [0.4, 0.5) is 31.9 Å². The first kappa shape index (κ1) is 22.8. The minimum Gasteiger partial charge on any atom is -0.364 e. The van der Waals surface area contributed by atoms with Gasteiger partial charge in [-0.2, -0.15) is 4.98 Å². The number of hydrogen-bond donors (Lipinski definition) is 2. The maximum atomic E-state index is 15.0. The third kappa shape index (κ3) is 3.29. The fourth-order valence-electron chi connectivity index (χ4n) is 6.78. The normalized spacial score (nSPS) is 30.6. The first-order chi connectivity index (χ1) is 17.8. The molecule has 194 valence electrons. The van der Waals surface area contributed by atoms with E-state index in [4.69, 9.17) is 0 Å². The number of halogens is 2. The van der Waals surface area contributed by atoms with Crippen LogP contribution in [0.1, 0.15) is 31.2 Å². The van der Waals surface area contributed by atoms with Crippen molar-refractivity contribution in [2.24, 2.45) is 11.3 Å². The Labute approximate surface area is 213 Å². The van der Waals surface area contributed by atoms with Crippen molar-refractivity contribution in [3.63, 3.8) is 0 Å². The van der Waals surface area contributed by atoms with Crippen molar-refractivity contribution in [2.75, 3.05) is 54.9 Å². The Hall–Kier alpha value is -3.34. The summed E-state index contributed by atoms with van der Waals surface area (Å²) in [6.07, 6.45) is 5.07. The van der Waals surface area contributed by atoms with Crippen molar-refractivity contribution >= 4 is 35.0 Å².